The highest BCUT2D eigenvalue weighted by Gasteiger charge is 2.23. The summed E-state index contributed by atoms with van der Waals surface area (Å²) in [5, 5.41) is 10.7. The molecule has 1 aromatic rings. The summed E-state index contributed by atoms with van der Waals surface area (Å²) in [6.45, 7) is 1.82. The number of nitro groups is 1. The number of hydrogen-bond acceptors (Lipinski definition) is 4. The van der Waals surface area contributed by atoms with Gasteiger partial charge >= 0.3 is 0 Å². The molecule has 2 rings (SSSR count). The van der Waals surface area contributed by atoms with E-state index in [-0.39, 0.29) is 11.3 Å². The van der Waals surface area contributed by atoms with Crippen molar-refractivity contribution >= 4 is 11.6 Å². The fourth-order valence-corrected chi connectivity index (χ4v) is 2.40. The van der Waals surface area contributed by atoms with E-state index in [2.05, 4.69) is 0 Å². The van der Waals surface area contributed by atoms with Crippen LogP contribution >= 0.6 is 0 Å². The number of halogens is 1. The van der Waals surface area contributed by atoms with Gasteiger partial charge in [0.15, 0.2) is 0 Å². The van der Waals surface area contributed by atoms with E-state index in [9.17, 15) is 19.3 Å². The van der Waals surface area contributed by atoms with Crippen molar-refractivity contribution in [2.45, 2.75) is 12.8 Å². The van der Waals surface area contributed by atoms with E-state index in [4.69, 9.17) is 4.74 Å². The molecular formula is C14H17FN2O4. The van der Waals surface area contributed by atoms with E-state index >= 15 is 0 Å². The van der Waals surface area contributed by atoms with Crippen molar-refractivity contribution in [2.75, 3.05) is 26.8 Å². The number of amides is 1. The lowest BCUT2D eigenvalue weighted by molar-refractivity contribution is -0.384. The molecule has 0 bridgehead atoms. The van der Waals surface area contributed by atoms with Gasteiger partial charge in [-0.3, -0.25) is 14.9 Å². The van der Waals surface area contributed by atoms with E-state index in [1.165, 1.54) is 4.90 Å². The number of carbonyl (C=O) groups is 1. The maximum atomic E-state index is 13.7. The minimum Gasteiger partial charge on any atom is -0.381 e. The Morgan fingerprint density at radius 1 is 1.48 bits per heavy atom. The smallest absolute Gasteiger partial charge is 0.270 e. The minimum atomic E-state index is -0.746. The summed E-state index contributed by atoms with van der Waals surface area (Å²) in [5.74, 6) is -0.971. The van der Waals surface area contributed by atoms with Gasteiger partial charge in [0.2, 0.25) is 0 Å². The molecule has 1 saturated heterocycles. The first-order valence-electron chi connectivity index (χ1n) is 6.76. The first-order valence-corrected chi connectivity index (χ1v) is 6.76. The number of benzene rings is 1. The highest BCUT2D eigenvalue weighted by atomic mass is 19.1. The molecule has 1 heterocycles. The Morgan fingerprint density at radius 3 is 2.76 bits per heavy atom. The Labute approximate surface area is 121 Å². The Balaban J connectivity index is 2.10. The molecule has 21 heavy (non-hydrogen) atoms. The lowest BCUT2D eigenvalue weighted by atomic mass is 9.99. The predicted molar refractivity (Wildman–Crippen MR) is 73.6 cm³/mol. The van der Waals surface area contributed by atoms with Crippen LogP contribution in [0.25, 0.3) is 0 Å². The fourth-order valence-electron chi connectivity index (χ4n) is 2.40. The van der Waals surface area contributed by atoms with Crippen molar-refractivity contribution in [1.29, 1.82) is 0 Å². The molecule has 0 aromatic heterocycles. The third kappa shape index (κ3) is 3.75. The van der Waals surface area contributed by atoms with E-state index in [0.29, 0.717) is 25.7 Å². The summed E-state index contributed by atoms with van der Waals surface area (Å²) in [5.41, 5.74) is -0.557. The molecule has 1 fully saturated rings. The number of carbonyl (C=O) groups excluding carboxylic acids is 1. The van der Waals surface area contributed by atoms with Crippen LogP contribution in [0.1, 0.15) is 23.2 Å². The van der Waals surface area contributed by atoms with Gasteiger partial charge in [-0.25, -0.2) is 4.39 Å². The van der Waals surface area contributed by atoms with Crippen LogP contribution in [0, 0.1) is 21.8 Å². The quantitative estimate of drug-likeness (QED) is 0.631. The molecule has 1 aromatic carbocycles. The first-order chi connectivity index (χ1) is 9.99. The molecule has 7 heteroatoms. The molecule has 1 aliphatic heterocycles. The van der Waals surface area contributed by atoms with E-state index < -0.39 is 16.6 Å². The molecule has 0 aliphatic carbocycles. The zero-order valence-electron chi connectivity index (χ0n) is 11.8. The third-order valence-electron chi connectivity index (χ3n) is 3.61. The van der Waals surface area contributed by atoms with Gasteiger partial charge in [0, 0.05) is 38.9 Å². The number of rotatable bonds is 4. The van der Waals surface area contributed by atoms with Crippen LogP contribution in [0.15, 0.2) is 18.2 Å². The standard InChI is InChI=1S/C14H17FN2O4/c1-16(9-10-4-6-21-7-5-10)14(18)12-8-11(17(19)20)2-3-13(12)15/h2-3,8,10H,4-7,9H2,1H3. The van der Waals surface area contributed by atoms with E-state index in [0.717, 1.165) is 31.0 Å². The van der Waals surface area contributed by atoms with Crippen LogP contribution < -0.4 is 0 Å². The summed E-state index contributed by atoms with van der Waals surface area (Å²) in [6.07, 6.45) is 1.71. The van der Waals surface area contributed by atoms with Crippen LogP contribution in [0.2, 0.25) is 0 Å². The van der Waals surface area contributed by atoms with Crippen molar-refractivity contribution in [1.82, 2.24) is 4.90 Å². The average molecular weight is 296 g/mol. The second kappa shape index (κ2) is 6.62. The van der Waals surface area contributed by atoms with Gasteiger partial charge in [0.1, 0.15) is 5.82 Å². The SMILES string of the molecule is CN(CC1CCOCC1)C(=O)c1cc([N+](=O)[O-])ccc1F. The summed E-state index contributed by atoms with van der Waals surface area (Å²) in [6, 6.07) is 2.98. The van der Waals surface area contributed by atoms with Crippen molar-refractivity contribution in [3.63, 3.8) is 0 Å². The second-order valence-electron chi connectivity index (χ2n) is 5.16. The lowest BCUT2D eigenvalue weighted by Gasteiger charge is -2.27. The molecule has 0 spiro atoms. The van der Waals surface area contributed by atoms with Gasteiger partial charge < -0.3 is 9.64 Å². The maximum absolute atomic E-state index is 13.7. The molecule has 0 atom stereocenters. The van der Waals surface area contributed by atoms with Crippen molar-refractivity contribution in [3.8, 4) is 0 Å². The van der Waals surface area contributed by atoms with E-state index in [1.54, 1.807) is 7.05 Å². The summed E-state index contributed by atoms with van der Waals surface area (Å²) >= 11 is 0. The van der Waals surface area contributed by atoms with Gasteiger partial charge in [-0.2, -0.15) is 0 Å². The number of non-ortho nitro benzene ring substituents is 1. The normalized spacial score (nSPS) is 15.7. The van der Waals surface area contributed by atoms with Crippen LogP contribution in [0.4, 0.5) is 10.1 Å². The number of hydrogen-bond donors (Lipinski definition) is 0. The maximum Gasteiger partial charge on any atom is 0.270 e. The monoisotopic (exact) mass is 296 g/mol. The average Bonchev–Trinajstić information content (AvgIpc) is 2.47. The zero-order valence-corrected chi connectivity index (χ0v) is 11.8. The van der Waals surface area contributed by atoms with Gasteiger partial charge in [0.25, 0.3) is 11.6 Å². The van der Waals surface area contributed by atoms with Gasteiger partial charge in [0.05, 0.1) is 10.5 Å². The predicted octanol–water partition coefficient (Wildman–Crippen LogP) is 2.23. The van der Waals surface area contributed by atoms with Crippen molar-refractivity contribution in [2.24, 2.45) is 5.92 Å². The highest BCUT2D eigenvalue weighted by molar-refractivity contribution is 5.95. The van der Waals surface area contributed by atoms with Crippen molar-refractivity contribution < 1.29 is 18.8 Å². The molecule has 1 aliphatic rings. The number of nitro benzene ring substituents is 1. The molecule has 6 nitrogen and oxygen atoms in total. The Hall–Kier alpha value is -2.02. The highest BCUT2D eigenvalue weighted by Crippen LogP contribution is 2.20. The molecule has 0 unspecified atom stereocenters. The fraction of sp³-hybridized carbons (Fsp3) is 0.500. The van der Waals surface area contributed by atoms with Gasteiger partial charge in [-0.15, -0.1) is 0 Å². The second-order valence-corrected chi connectivity index (χ2v) is 5.16. The zero-order chi connectivity index (χ0) is 15.4. The first kappa shape index (κ1) is 15.4. The molecular weight excluding hydrogens is 279 g/mol. The van der Waals surface area contributed by atoms with Gasteiger partial charge in [-0.05, 0) is 24.8 Å². The number of ether oxygens (including phenoxy) is 1. The largest absolute Gasteiger partial charge is 0.381 e. The molecule has 0 radical (unpaired) electrons. The van der Waals surface area contributed by atoms with Gasteiger partial charge in [-0.1, -0.05) is 0 Å². The molecule has 0 N–H and O–H groups in total. The van der Waals surface area contributed by atoms with Crippen LogP contribution in [0.3, 0.4) is 0 Å². The van der Waals surface area contributed by atoms with Crippen LogP contribution in [-0.4, -0.2) is 42.5 Å². The Morgan fingerprint density at radius 2 is 2.14 bits per heavy atom. The third-order valence-corrected chi connectivity index (χ3v) is 3.61. The lowest BCUT2D eigenvalue weighted by Crippen LogP contribution is -2.34. The number of nitrogens with zero attached hydrogens (tertiary/aromatic N) is 2. The summed E-state index contributed by atoms with van der Waals surface area (Å²) in [7, 11) is 1.58. The molecule has 1 amide bonds. The summed E-state index contributed by atoms with van der Waals surface area (Å²) in [4.78, 5) is 23.7. The van der Waals surface area contributed by atoms with Crippen LogP contribution in [0.5, 0.6) is 0 Å². The molecule has 0 saturated carbocycles. The van der Waals surface area contributed by atoms with E-state index in [1.807, 2.05) is 0 Å². The topological polar surface area (TPSA) is 72.7 Å². The summed E-state index contributed by atoms with van der Waals surface area (Å²) < 4.78 is 19.0. The Bertz CT molecular complexity index is 544. The van der Waals surface area contributed by atoms with Crippen molar-refractivity contribution in [3.05, 3.63) is 39.7 Å². The van der Waals surface area contributed by atoms with Crippen LogP contribution in [-0.2, 0) is 4.74 Å². The Kier molecular flexibility index (Phi) is 4.85. The molecule has 114 valence electrons. The minimum absolute atomic E-state index is 0.265.